The van der Waals surface area contributed by atoms with E-state index in [1.165, 1.54) is 28.9 Å². The van der Waals surface area contributed by atoms with Gasteiger partial charge in [-0.2, -0.15) is 16.9 Å². The van der Waals surface area contributed by atoms with Crippen molar-refractivity contribution in [3.05, 3.63) is 77.2 Å². The van der Waals surface area contributed by atoms with Crippen LogP contribution >= 0.6 is 11.8 Å². The summed E-state index contributed by atoms with van der Waals surface area (Å²) in [4.78, 5) is 24.9. The van der Waals surface area contributed by atoms with Crippen LogP contribution in [0.1, 0.15) is 16.8 Å². The number of ether oxygens (including phenoxy) is 1. The SMILES string of the molecule is O=C(Cn1nc2c(c1NC(=O)COc1ccc(F)cc1)CSC2)NCc1ccccc1. The lowest BCUT2D eigenvalue weighted by Gasteiger charge is -2.12. The number of carbonyl (C=O) groups excluding carboxylic acids is 2. The minimum Gasteiger partial charge on any atom is -0.484 e. The van der Waals surface area contributed by atoms with Crippen molar-refractivity contribution in [2.45, 2.75) is 24.6 Å². The molecule has 0 saturated carbocycles. The molecule has 0 atom stereocenters. The lowest BCUT2D eigenvalue weighted by molar-refractivity contribution is -0.122. The fourth-order valence-corrected chi connectivity index (χ4v) is 4.19. The van der Waals surface area contributed by atoms with Gasteiger partial charge in [0.2, 0.25) is 5.91 Å². The van der Waals surface area contributed by atoms with E-state index >= 15 is 0 Å². The quantitative estimate of drug-likeness (QED) is 0.562. The van der Waals surface area contributed by atoms with Gasteiger partial charge >= 0.3 is 0 Å². The first-order valence-electron chi connectivity index (χ1n) is 9.73. The van der Waals surface area contributed by atoms with Gasteiger partial charge in [0.1, 0.15) is 23.9 Å². The van der Waals surface area contributed by atoms with Crippen LogP contribution in [0.4, 0.5) is 10.2 Å². The molecule has 0 saturated heterocycles. The summed E-state index contributed by atoms with van der Waals surface area (Å²) in [6.45, 7) is 0.182. The van der Waals surface area contributed by atoms with E-state index in [1.54, 1.807) is 11.8 Å². The molecule has 0 bridgehead atoms. The zero-order valence-corrected chi connectivity index (χ0v) is 17.5. The zero-order valence-electron chi connectivity index (χ0n) is 16.6. The minimum atomic E-state index is -0.380. The second-order valence-corrected chi connectivity index (χ2v) is 7.96. The molecule has 31 heavy (non-hydrogen) atoms. The first kappa shape index (κ1) is 20.9. The molecule has 2 aromatic carbocycles. The number of fused-ring (bicyclic) bond motifs is 1. The van der Waals surface area contributed by atoms with Crippen molar-refractivity contribution in [3.63, 3.8) is 0 Å². The molecule has 0 aliphatic carbocycles. The Labute approximate surface area is 183 Å². The number of thioether (sulfide) groups is 1. The van der Waals surface area contributed by atoms with Crippen LogP contribution < -0.4 is 15.4 Å². The average Bonchev–Trinajstić information content (AvgIpc) is 3.35. The largest absolute Gasteiger partial charge is 0.484 e. The highest BCUT2D eigenvalue weighted by Crippen LogP contribution is 2.34. The zero-order chi connectivity index (χ0) is 21.6. The topological polar surface area (TPSA) is 85.2 Å². The van der Waals surface area contributed by atoms with Gasteiger partial charge < -0.3 is 15.4 Å². The number of halogens is 1. The number of rotatable bonds is 8. The summed E-state index contributed by atoms with van der Waals surface area (Å²) < 4.78 is 19.9. The monoisotopic (exact) mass is 440 g/mol. The second kappa shape index (κ2) is 9.65. The standard InChI is InChI=1S/C22H21FN4O3S/c23-16-6-8-17(9-7-16)30-12-21(29)25-22-18-13-31-14-19(18)26-27(22)11-20(28)24-10-15-4-2-1-3-5-15/h1-9H,10-14H2,(H,24,28)(H,25,29). The van der Waals surface area contributed by atoms with E-state index in [9.17, 15) is 14.0 Å². The van der Waals surface area contributed by atoms with Crippen LogP contribution in [0.5, 0.6) is 5.75 Å². The normalized spacial score (nSPS) is 12.3. The molecule has 1 aliphatic heterocycles. The van der Waals surface area contributed by atoms with Gasteiger partial charge in [-0.1, -0.05) is 30.3 Å². The van der Waals surface area contributed by atoms with Gasteiger partial charge in [0.05, 0.1) is 5.69 Å². The van der Waals surface area contributed by atoms with Crippen LogP contribution in [-0.2, 0) is 34.2 Å². The Bertz CT molecular complexity index is 1070. The lowest BCUT2D eigenvalue weighted by atomic mass is 10.2. The van der Waals surface area contributed by atoms with Crippen molar-refractivity contribution in [2.75, 3.05) is 11.9 Å². The summed E-state index contributed by atoms with van der Waals surface area (Å²) >= 11 is 1.70. The maximum absolute atomic E-state index is 13.0. The fraction of sp³-hybridized carbons (Fsp3) is 0.227. The number of nitrogens with one attached hydrogen (secondary N) is 2. The van der Waals surface area contributed by atoms with E-state index in [4.69, 9.17) is 4.74 Å². The second-order valence-electron chi connectivity index (χ2n) is 6.98. The summed E-state index contributed by atoms with van der Waals surface area (Å²) in [5.74, 6) is 1.41. The Morgan fingerprint density at radius 3 is 2.61 bits per heavy atom. The summed E-state index contributed by atoms with van der Waals surface area (Å²) in [6.07, 6.45) is 0. The Balaban J connectivity index is 1.38. The van der Waals surface area contributed by atoms with Gasteiger partial charge in [0, 0.05) is 23.6 Å². The van der Waals surface area contributed by atoms with Gasteiger partial charge in [-0.05, 0) is 29.8 Å². The lowest BCUT2D eigenvalue weighted by Crippen LogP contribution is -2.29. The molecule has 160 valence electrons. The van der Waals surface area contributed by atoms with Gasteiger partial charge in [-0.15, -0.1) is 0 Å². The van der Waals surface area contributed by atoms with Gasteiger partial charge in [-0.25, -0.2) is 9.07 Å². The van der Waals surface area contributed by atoms with Crippen molar-refractivity contribution < 1.29 is 18.7 Å². The molecule has 0 unspecified atom stereocenters. The van der Waals surface area contributed by atoms with Crippen LogP contribution in [0.2, 0.25) is 0 Å². The van der Waals surface area contributed by atoms with Crippen molar-refractivity contribution in [1.29, 1.82) is 0 Å². The Kier molecular flexibility index (Phi) is 6.51. The molecule has 9 heteroatoms. The van der Waals surface area contributed by atoms with E-state index < -0.39 is 0 Å². The Hall–Kier alpha value is -3.33. The molecule has 3 aromatic rings. The number of anilines is 1. The summed E-state index contributed by atoms with van der Waals surface area (Å²) in [5, 5.41) is 10.2. The highest BCUT2D eigenvalue weighted by molar-refractivity contribution is 7.98. The smallest absolute Gasteiger partial charge is 0.263 e. The first-order valence-corrected chi connectivity index (χ1v) is 10.9. The number of carbonyl (C=O) groups is 2. The Morgan fingerprint density at radius 1 is 1.06 bits per heavy atom. The first-order chi connectivity index (χ1) is 15.1. The summed E-state index contributed by atoms with van der Waals surface area (Å²) in [7, 11) is 0. The molecule has 1 aliphatic rings. The number of aromatic nitrogens is 2. The number of hydrogen-bond donors (Lipinski definition) is 2. The van der Waals surface area contributed by atoms with Crippen molar-refractivity contribution in [1.82, 2.24) is 15.1 Å². The minimum absolute atomic E-state index is 0.00106. The number of amides is 2. The maximum Gasteiger partial charge on any atom is 0.263 e. The number of nitrogens with zero attached hydrogens (tertiary/aromatic N) is 2. The summed E-state index contributed by atoms with van der Waals surface area (Å²) in [6, 6.07) is 15.1. The van der Waals surface area contributed by atoms with E-state index in [2.05, 4.69) is 15.7 Å². The summed E-state index contributed by atoms with van der Waals surface area (Å²) in [5.41, 5.74) is 2.80. The predicted octanol–water partition coefficient (Wildman–Crippen LogP) is 3.10. The van der Waals surface area contributed by atoms with Crippen LogP contribution in [0.3, 0.4) is 0 Å². The van der Waals surface area contributed by atoms with Crippen molar-refractivity contribution in [3.8, 4) is 5.75 Å². The van der Waals surface area contributed by atoms with Crippen molar-refractivity contribution in [2.24, 2.45) is 0 Å². The van der Waals surface area contributed by atoms with E-state index in [0.717, 1.165) is 28.3 Å². The third-order valence-corrected chi connectivity index (χ3v) is 5.66. The number of hydrogen-bond acceptors (Lipinski definition) is 5. The third kappa shape index (κ3) is 5.43. The molecule has 0 fully saturated rings. The molecule has 2 heterocycles. The Morgan fingerprint density at radius 2 is 1.84 bits per heavy atom. The molecule has 0 radical (unpaired) electrons. The predicted molar refractivity (Wildman–Crippen MR) is 116 cm³/mol. The molecule has 2 N–H and O–H groups in total. The van der Waals surface area contributed by atoms with Gasteiger partial charge in [0.15, 0.2) is 6.61 Å². The third-order valence-electron chi connectivity index (χ3n) is 4.69. The maximum atomic E-state index is 13.0. The van der Waals surface area contributed by atoms with E-state index in [-0.39, 0.29) is 30.8 Å². The van der Waals surface area contributed by atoms with Crippen molar-refractivity contribution >= 4 is 29.4 Å². The van der Waals surface area contributed by atoms with E-state index in [0.29, 0.717) is 18.1 Å². The number of benzene rings is 2. The van der Waals surface area contributed by atoms with Crippen LogP contribution in [0, 0.1) is 5.82 Å². The molecule has 1 aromatic heterocycles. The molecule has 7 nitrogen and oxygen atoms in total. The van der Waals surface area contributed by atoms with Gasteiger partial charge in [-0.3, -0.25) is 9.59 Å². The highest BCUT2D eigenvalue weighted by Gasteiger charge is 2.25. The van der Waals surface area contributed by atoms with Gasteiger partial charge in [0.25, 0.3) is 5.91 Å². The van der Waals surface area contributed by atoms with Crippen LogP contribution in [0.25, 0.3) is 0 Å². The fourth-order valence-electron chi connectivity index (χ4n) is 3.16. The van der Waals surface area contributed by atoms with E-state index in [1.807, 2.05) is 30.3 Å². The average molecular weight is 441 g/mol. The van der Waals surface area contributed by atoms with Crippen LogP contribution in [0.15, 0.2) is 54.6 Å². The molecular weight excluding hydrogens is 419 g/mol. The molecule has 2 amide bonds. The molecule has 0 spiro atoms. The molecule has 4 rings (SSSR count). The molecular formula is C22H21FN4O3S. The highest BCUT2D eigenvalue weighted by atomic mass is 32.2. The van der Waals surface area contributed by atoms with Crippen LogP contribution in [-0.4, -0.2) is 28.2 Å².